The van der Waals surface area contributed by atoms with Crippen LogP contribution in [-0.4, -0.2) is 39.1 Å². The zero-order valence-corrected chi connectivity index (χ0v) is 16.6. The van der Waals surface area contributed by atoms with Crippen LogP contribution in [-0.2, 0) is 14.2 Å². The van der Waals surface area contributed by atoms with Gasteiger partial charge in [0.2, 0.25) is 0 Å². The first-order valence-electron chi connectivity index (χ1n) is 9.89. The third-order valence-electron chi connectivity index (χ3n) is 5.58. The summed E-state index contributed by atoms with van der Waals surface area (Å²) in [5, 5.41) is 10.8. The van der Waals surface area contributed by atoms with Crippen LogP contribution in [0.3, 0.4) is 0 Å². The first kappa shape index (κ1) is 20.9. The Morgan fingerprint density at radius 2 is 2.10 bits per heavy atom. The van der Waals surface area contributed by atoms with Crippen molar-refractivity contribution in [1.82, 2.24) is 14.6 Å². The van der Waals surface area contributed by atoms with Crippen molar-refractivity contribution < 1.29 is 19.0 Å². The summed E-state index contributed by atoms with van der Waals surface area (Å²) in [6.07, 6.45) is 7.41. The lowest BCUT2D eigenvalue weighted by molar-refractivity contribution is -0.0625. The van der Waals surface area contributed by atoms with E-state index in [4.69, 9.17) is 25.2 Å². The summed E-state index contributed by atoms with van der Waals surface area (Å²) in [7, 11) is 0. The molecule has 2 aromatic rings. The smallest absolute Gasteiger partial charge is 0.432 e. The molecule has 1 saturated carbocycles. The number of carbonyl (C=O) groups excluding carboxylic acids is 1. The highest BCUT2D eigenvalue weighted by atomic mass is 16.7. The van der Waals surface area contributed by atoms with Crippen LogP contribution >= 0.6 is 0 Å². The van der Waals surface area contributed by atoms with Crippen molar-refractivity contribution in [2.45, 2.75) is 69.7 Å². The van der Waals surface area contributed by atoms with Crippen LogP contribution in [0.2, 0.25) is 0 Å². The second-order valence-corrected chi connectivity index (χ2v) is 7.70. The average Bonchev–Trinajstić information content (AvgIpc) is 3.35. The van der Waals surface area contributed by atoms with Gasteiger partial charge in [0.05, 0.1) is 11.8 Å². The van der Waals surface area contributed by atoms with Gasteiger partial charge in [0.15, 0.2) is 5.82 Å². The molecular weight excluding hydrogens is 374 g/mol. The predicted molar refractivity (Wildman–Crippen MR) is 105 cm³/mol. The minimum absolute atomic E-state index is 0.109. The van der Waals surface area contributed by atoms with Crippen molar-refractivity contribution in [3.63, 3.8) is 0 Å². The Morgan fingerprint density at radius 1 is 1.34 bits per heavy atom. The molecule has 2 fully saturated rings. The van der Waals surface area contributed by atoms with E-state index in [1.54, 1.807) is 4.52 Å². The number of hydrogen-bond donors (Lipinski definition) is 1. The number of carbonyl (C=O) groups is 1. The second-order valence-electron chi connectivity index (χ2n) is 7.70. The number of anilines is 1. The topological polar surface area (TPSA) is 125 Å². The molecule has 9 heteroatoms. The summed E-state index contributed by atoms with van der Waals surface area (Å²) < 4.78 is 18.7. The molecule has 1 aliphatic heterocycles. The molecule has 1 aliphatic carbocycles. The Balaban J connectivity index is 0.00000117. The van der Waals surface area contributed by atoms with Crippen molar-refractivity contribution in [1.29, 1.82) is 5.26 Å². The highest BCUT2D eigenvalue weighted by Crippen LogP contribution is 2.34. The fourth-order valence-electron chi connectivity index (χ4n) is 4.06. The fraction of sp³-hybridized carbons (Fsp3) is 0.600. The molecule has 0 amide bonds. The van der Waals surface area contributed by atoms with Crippen molar-refractivity contribution in [3.8, 4) is 6.57 Å². The number of fused-ring (bicyclic) bond motifs is 1. The van der Waals surface area contributed by atoms with Crippen molar-refractivity contribution in [3.05, 3.63) is 24.2 Å². The van der Waals surface area contributed by atoms with E-state index in [9.17, 15) is 4.79 Å². The molecule has 4 rings (SSSR count). The van der Waals surface area contributed by atoms with Crippen LogP contribution in [0.1, 0.15) is 63.7 Å². The molecule has 156 valence electrons. The highest BCUT2D eigenvalue weighted by molar-refractivity contribution is 5.65. The van der Waals surface area contributed by atoms with Crippen LogP contribution in [0, 0.1) is 11.8 Å². The molecule has 9 nitrogen and oxygen atoms in total. The normalized spacial score (nSPS) is 23.1. The van der Waals surface area contributed by atoms with Gasteiger partial charge in [-0.15, -0.1) is 0 Å². The molecule has 2 aromatic heterocycles. The maximum absolute atomic E-state index is 12.1. The van der Waals surface area contributed by atoms with Crippen LogP contribution in [0.4, 0.5) is 10.6 Å². The fourth-order valence-corrected chi connectivity index (χ4v) is 4.06. The van der Waals surface area contributed by atoms with Crippen LogP contribution < -0.4 is 5.73 Å². The van der Waals surface area contributed by atoms with E-state index in [-0.39, 0.29) is 24.4 Å². The molecule has 2 N–H and O–H groups in total. The number of rotatable bonds is 4. The Kier molecular flexibility index (Phi) is 6.54. The third kappa shape index (κ3) is 4.77. The van der Waals surface area contributed by atoms with E-state index in [2.05, 4.69) is 16.7 Å². The number of nitriles is 1. The highest BCUT2D eigenvalue weighted by Gasteiger charge is 2.33. The first-order chi connectivity index (χ1) is 14.0. The van der Waals surface area contributed by atoms with E-state index in [1.165, 1.54) is 12.7 Å². The van der Waals surface area contributed by atoms with Crippen molar-refractivity contribution in [2.24, 2.45) is 0 Å². The maximum atomic E-state index is 12.1. The lowest BCUT2D eigenvalue weighted by atomic mass is 9.86. The molecule has 0 radical (unpaired) electrons. The predicted octanol–water partition coefficient (Wildman–Crippen LogP) is 3.55. The average molecular weight is 401 g/mol. The number of ether oxygens (including phenoxy) is 3. The van der Waals surface area contributed by atoms with Gasteiger partial charge in [0.1, 0.15) is 30.2 Å². The quantitative estimate of drug-likeness (QED) is 0.771. The minimum Gasteiger partial charge on any atom is -0.432 e. The molecule has 3 heterocycles. The molecule has 2 aliphatic rings. The molecule has 0 spiro atoms. The summed E-state index contributed by atoms with van der Waals surface area (Å²) in [5.74, 6) is 0.438. The van der Waals surface area contributed by atoms with Crippen LogP contribution in [0.5, 0.6) is 0 Å². The van der Waals surface area contributed by atoms with Gasteiger partial charge in [0.25, 0.3) is 0 Å². The number of hydrogen-bond acceptors (Lipinski definition) is 8. The lowest BCUT2D eigenvalue weighted by Gasteiger charge is -2.32. The second kappa shape index (κ2) is 9.09. The van der Waals surface area contributed by atoms with E-state index < -0.39 is 6.16 Å². The molecule has 2 atom stereocenters. The third-order valence-corrected chi connectivity index (χ3v) is 5.58. The molecule has 29 heavy (non-hydrogen) atoms. The minimum atomic E-state index is -0.597. The van der Waals surface area contributed by atoms with Gasteiger partial charge >= 0.3 is 6.16 Å². The van der Waals surface area contributed by atoms with Crippen LogP contribution in [0.15, 0.2) is 18.5 Å². The van der Waals surface area contributed by atoms with Gasteiger partial charge in [-0.05, 0) is 57.6 Å². The maximum Gasteiger partial charge on any atom is 0.508 e. The summed E-state index contributed by atoms with van der Waals surface area (Å²) in [4.78, 5) is 16.1. The van der Waals surface area contributed by atoms with E-state index in [1.807, 2.05) is 19.1 Å². The summed E-state index contributed by atoms with van der Waals surface area (Å²) >= 11 is 0. The Bertz CT molecular complexity index is 859. The van der Waals surface area contributed by atoms with Crippen LogP contribution in [0.25, 0.3) is 5.52 Å². The zero-order valence-electron chi connectivity index (χ0n) is 16.6. The van der Waals surface area contributed by atoms with Gasteiger partial charge in [-0.3, -0.25) is 0 Å². The number of aromatic nitrogens is 3. The van der Waals surface area contributed by atoms with E-state index in [0.717, 1.165) is 49.7 Å². The lowest BCUT2D eigenvalue weighted by Crippen LogP contribution is -2.34. The Hall–Kier alpha value is -2.86. The Morgan fingerprint density at radius 3 is 2.86 bits per heavy atom. The molecule has 1 saturated heterocycles. The summed E-state index contributed by atoms with van der Waals surface area (Å²) in [6.45, 7) is 5.69. The first-order valence-corrected chi connectivity index (χ1v) is 9.89. The van der Waals surface area contributed by atoms with Crippen molar-refractivity contribution >= 4 is 17.5 Å². The number of nitrogens with zero attached hydrogens (tertiary/aromatic N) is 4. The largest absolute Gasteiger partial charge is 0.508 e. The SMILES string of the molecule is C#N.CC1(OC(=O)OCC2CCC(c3ccc4c(N)ncnn34)O2)CCCCC1. The van der Waals surface area contributed by atoms with Gasteiger partial charge in [0, 0.05) is 6.57 Å². The molecule has 0 aromatic carbocycles. The van der Waals surface area contributed by atoms with Gasteiger partial charge in [-0.1, -0.05) is 6.42 Å². The van der Waals surface area contributed by atoms with E-state index >= 15 is 0 Å². The molecule has 0 bridgehead atoms. The monoisotopic (exact) mass is 401 g/mol. The summed E-state index contributed by atoms with van der Waals surface area (Å²) in [6, 6.07) is 3.84. The number of nitrogen functional groups attached to an aromatic ring is 1. The zero-order chi connectivity index (χ0) is 20.9. The van der Waals surface area contributed by atoms with Gasteiger partial charge < -0.3 is 19.9 Å². The summed E-state index contributed by atoms with van der Waals surface area (Å²) in [5.41, 5.74) is 7.18. The molecule has 2 unspecified atom stereocenters. The van der Waals surface area contributed by atoms with Gasteiger partial charge in [-0.25, -0.2) is 19.6 Å². The standard InChI is InChI=1S/C19H26N4O4.CHN/c1-19(9-3-2-4-10-19)27-18(24)25-11-13-5-8-16(26-13)14-6-7-15-17(20)21-12-22-23(14)15;1-2/h6-7,12-13,16H,2-5,8-11H2,1H3,(H2,20,21,22);1H. The van der Waals surface area contributed by atoms with Crippen molar-refractivity contribution in [2.75, 3.05) is 12.3 Å². The number of nitrogens with two attached hydrogens (primary N) is 1. The molecular formula is C20H27N5O4. The van der Waals surface area contributed by atoms with Gasteiger partial charge in [-0.2, -0.15) is 5.10 Å². The van der Waals surface area contributed by atoms with E-state index in [0.29, 0.717) is 5.82 Å². The Labute approximate surface area is 169 Å².